The van der Waals surface area contributed by atoms with Gasteiger partial charge < -0.3 is 9.47 Å². The fourth-order valence-corrected chi connectivity index (χ4v) is 2.05. The van der Waals surface area contributed by atoms with Crippen LogP contribution in [0.1, 0.15) is 24.6 Å². The fraction of sp³-hybridized carbons (Fsp3) is 0.312. The van der Waals surface area contributed by atoms with Gasteiger partial charge in [-0.2, -0.15) is 0 Å². The predicted molar refractivity (Wildman–Crippen MR) is 80.9 cm³/mol. The lowest BCUT2D eigenvalue weighted by Crippen LogP contribution is -1.96. The lowest BCUT2D eigenvalue weighted by atomic mass is 10.2. The van der Waals surface area contributed by atoms with Crippen LogP contribution in [0, 0.1) is 0 Å². The number of pyridine rings is 1. The van der Waals surface area contributed by atoms with Crippen LogP contribution in [0.3, 0.4) is 0 Å². The molecular weight excluding hydrogens is 274 g/mol. The molecular formula is C16H18ClNO2. The van der Waals surface area contributed by atoms with Gasteiger partial charge >= 0.3 is 0 Å². The average molecular weight is 292 g/mol. The number of aryl methyl sites for hydroxylation is 1. The van der Waals surface area contributed by atoms with Crippen molar-refractivity contribution in [3.63, 3.8) is 0 Å². The molecule has 4 heteroatoms. The van der Waals surface area contributed by atoms with E-state index in [1.54, 1.807) is 7.11 Å². The number of ether oxygens (including phenoxy) is 2. The number of alkyl halides is 1. The summed E-state index contributed by atoms with van der Waals surface area (Å²) in [5, 5.41) is 0. The molecule has 3 nitrogen and oxygen atoms in total. The van der Waals surface area contributed by atoms with E-state index in [2.05, 4.69) is 11.9 Å². The number of halogens is 1. The Morgan fingerprint density at radius 2 is 1.80 bits per heavy atom. The second-order valence-corrected chi connectivity index (χ2v) is 4.73. The van der Waals surface area contributed by atoms with Gasteiger partial charge in [0, 0.05) is 17.6 Å². The summed E-state index contributed by atoms with van der Waals surface area (Å²) in [6, 6.07) is 11.3. The maximum atomic E-state index is 5.91. The van der Waals surface area contributed by atoms with E-state index in [0.29, 0.717) is 11.8 Å². The Kier molecular flexibility index (Phi) is 5.24. The summed E-state index contributed by atoms with van der Waals surface area (Å²) in [5.74, 6) is 2.56. The molecule has 0 spiro atoms. The van der Waals surface area contributed by atoms with Crippen LogP contribution < -0.4 is 9.47 Å². The molecule has 0 amide bonds. The molecule has 0 radical (unpaired) electrons. The monoisotopic (exact) mass is 291 g/mol. The third-order valence-corrected chi connectivity index (χ3v) is 3.17. The van der Waals surface area contributed by atoms with E-state index in [1.807, 2.05) is 36.4 Å². The maximum Gasteiger partial charge on any atom is 0.219 e. The van der Waals surface area contributed by atoms with E-state index in [1.165, 1.54) is 0 Å². The zero-order valence-electron chi connectivity index (χ0n) is 11.7. The Labute approximate surface area is 124 Å². The van der Waals surface area contributed by atoms with E-state index in [0.717, 1.165) is 35.6 Å². The molecule has 1 heterocycles. The zero-order valence-corrected chi connectivity index (χ0v) is 12.5. The minimum atomic E-state index is 0.457. The van der Waals surface area contributed by atoms with Gasteiger partial charge in [-0.25, -0.2) is 4.98 Å². The number of methoxy groups -OCH3 is 1. The Morgan fingerprint density at radius 3 is 2.40 bits per heavy atom. The summed E-state index contributed by atoms with van der Waals surface area (Å²) >= 11 is 5.91. The first-order valence-electron chi connectivity index (χ1n) is 6.63. The zero-order chi connectivity index (χ0) is 14.4. The average Bonchev–Trinajstić information content (AvgIpc) is 2.48. The molecule has 2 rings (SSSR count). The number of benzene rings is 1. The van der Waals surface area contributed by atoms with Gasteiger partial charge in [0.1, 0.15) is 11.5 Å². The molecule has 2 aromatic rings. The number of hydrogen-bond donors (Lipinski definition) is 0. The summed E-state index contributed by atoms with van der Waals surface area (Å²) < 4.78 is 10.9. The quantitative estimate of drug-likeness (QED) is 0.730. The molecule has 0 saturated heterocycles. The van der Waals surface area contributed by atoms with Crippen molar-refractivity contribution in [2.45, 2.75) is 25.6 Å². The maximum absolute atomic E-state index is 5.91. The molecule has 0 aliphatic heterocycles. The molecule has 0 bridgehead atoms. The molecule has 1 aromatic heterocycles. The van der Waals surface area contributed by atoms with Crippen LogP contribution in [0.2, 0.25) is 0 Å². The third kappa shape index (κ3) is 3.87. The highest BCUT2D eigenvalue weighted by Crippen LogP contribution is 2.24. The van der Waals surface area contributed by atoms with E-state index < -0.39 is 0 Å². The summed E-state index contributed by atoms with van der Waals surface area (Å²) in [7, 11) is 1.64. The smallest absolute Gasteiger partial charge is 0.219 e. The van der Waals surface area contributed by atoms with Crippen LogP contribution in [0.15, 0.2) is 36.4 Å². The van der Waals surface area contributed by atoms with Gasteiger partial charge in [0.2, 0.25) is 5.88 Å². The van der Waals surface area contributed by atoms with Crippen molar-refractivity contribution in [1.29, 1.82) is 0 Å². The van der Waals surface area contributed by atoms with E-state index in [-0.39, 0.29) is 0 Å². The molecule has 20 heavy (non-hydrogen) atoms. The Bertz CT molecular complexity index is 555. The number of nitrogens with zero attached hydrogens (tertiary/aromatic N) is 1. The van der Waals surface area contributed by atoms with E-state index in [4.69, 9.17) is 21.1 Å². The summed E-state index contributed by atoms with van der Waals surface area (Å²) in [5.41, 5.74) is 2.03. The van der Waals surface area contributed by atoms with Crippen LogP contribution in [0.4, 0.5) is 0 Å². The first-order chi connectivity index (χ1) is 9.75. The molecule has 0 N–H and O–H groups in total. The SMILES string of the molecule is CCCc1cc(CCl)cc(Oc2ccc(OC)cc2)n1. The van der Waals surface area contributed by atoms with Crippen molar-refractivity contribution < 1.29 is 9.47 Å². The first-order valence-corrected chi connectivity index (χ1v) is 7.16. The molecule has 0 atom stereocenters. The fourth-order valence-electron chi connectivity index (χ4n) is 1.90. The molecule has 106 valence electrons. The topological polar surface area (TPSA) is 31.4 Å². The van der Waals surface area contributed by atoms with Crippen molar-refractivity contribution >= 4 is 11.6 Å². The van der Waals surface area contributed by atoms with Gasteiger partial charge in [-0.15, -0.1) is 11.6 Å². The first kappa shape index (κ1) is 14.7. The molecule has 0 aliphatic carbocycles. The standard InChI is InChI=1S/C16H18ClNO2/c1-3-4-13-9-12(11-17)10-16(18-13)20-15-7-5-14(19-2)6-8-15/h5-10H,3-4,11H2,1-2H3. The molecule has 1 aromatic carbocycles. The van der Waals surface area contributed by atoms with Gasteiger partial charge in [-0.3, -0.25) is 0 Å². The lowest BCUT2D eigenvalue weighted by molar-refractivity contribution is 0.412. The summed E-state index contributed by atoms with van der Waals surface area (Å²) in [4.78, 5) is 4.50. The summed E-state index contributed by atoms with van der Waals surface area (Å²) in [6.07, 6.45) is 1.96. The second-order valence-electron chi connectivity index (χ2n) is 4.47. The number of hydrogen-bond acceptors (Lipinski definition) is 3. The minimum absolute atomic E-state index is 0.457. The molecule has 0 aliphatic rings. The van der Waals surface area contributed by atoms with Crippen LogP contribution >= 0.6 is 11.6 Å². The second kappa shape index (κ2) is 7.15. The van der Waals surface area contributed by atoms with Gasteiger partial charge in [0.05, 0.1) is 7.11 Å². The van der Waals surface area contributed by atoms with Crippen molar-refractivity contribution in [1.82, 2.24) is 4.98 Å². The molecule has 0 saturated carbocycles. The number of rotatable bonds is 6. The molecule has 0 fully saturated rings. The Balaban J connectivity index is 2.20. The van der Waals surface area contributed by atoms with Gasteiger partial charge in [0.25, 0.3) is 0 Å². The normalized spacial score (nSPS) is 10.3. The highest BCUT2D eigenvalue weighted by molar-refractivity contribution is 6.17. The van der Waals surface area contributed by atoms with Gasteiger partial charge in [0.15, 0.2) is 0 Å². The van der Waals surface area contributed by atoms with Crippen molar-refractivity contribution in [2.24, 2.45) is 0 Å². The Morgan fingerprint density at radius 1 is 1.10 bits per heavy atom. The Hall–Kier alpha value is -1.74. The highest BCUT2D eigenvalue weighted by Gasteiger charge is 2.05. The third-order valence-electron chi connectivity index (χ3n) is 2.86. The van der Waals surface area contributed by atoms with E-state index in [9.17, 15) is 0 Å². The van der Waals surface area contributed by atoms with Crippen LogP contribution in [-0.2, 0) is 12.3 Å². The van der Waals surface area contributed by atoms with Crippen LogP contribution in [0.5, 0.6) is 17.4 Å². The molecule has 0 unspecified atom stereocenters. The van der Waals surface area contributed by atoms with E-state index >= 15 is 0 Å². The highest BCUT2D eigenvalue weighted by atomic mass is 35.5. The predicted octanol–water partition coefficient (Wildman–Crippen LogP) is 4.57. The lowest BCUT2D eigenvalue weighted by Gasteiger charge is -2.09. The van der Waals surface area contributed by atoms with Crippen molar-refractivity contribution in [3.8, 4) is 17.4 Å². The van der Waals surface area contributed by atoms with Gasteiger partial charge in [-0.1, -0.05) is 13.3 Å². The summed E-state index contributed by atoms with van der Waals surface area (Å²) in [6.45, 7) is 2.12. The van der Waals surface area contributed by atoms with Crippen LogP contribution in [0.25, 0.3) is 0 Å². The van der Waals surface area contributed by atoms with Crippen molar-refractivity contribution in [2.75, 3.05) is 7.11 Å². The minimum Gasteiger partial charge on any atom is -0.497 e. The van der Waals surface area contributed by atoms with Crippen molar-refractivity contribution in [3.05, 3.63) is 47.7 Å². The largest absolute Gasteiger partial charge is 0.497 e. The van der Waals surface area contributed by atoms with Crippen LogP contribution in [-0.4, -0.2) is 12.1 Å². The van der Waals surface area contributed by atoms with Gasteiger partial charge in [-0.05, 0) is 42.3 Å². The number of aromatic nitrogens is 1.